The van der Waals surface area contributed by atoms with Crippen molar-refractivity contribution in [1.82, 2.24) is 51.0 Å². The van der Waals surface area contributed by atoms with Gasteiger partial charge >= 0.3 is 12.1 Å². The molecule has 0 aliphatic carbocycles. The van der Waals surface area contributed by atoms with Gasteiger partial charge in [0, 0.05) is 63.7 Å². The van der Waals surface area contributed by atoms with Crippen LogP contribution in [-0.2, 0) is 19.1 Å². The minimum absolute atomic E-state index is 0.214. The summed E-state index contributed by atoms with van der Waals surface area (Å²) in [4.78, 5) is 73.4. The molecule has 18 heteroatoms. The number of hydrogen-bond acceptors (Lipinski definition) is 10. The lowest BCUT2D eigenvalue weighted by atomic mass is 9.98. The third-order valence-electron chi connectivity index (χ3n) is 12.6. The van der Waals surface area contributed by atoms with Gasteiger partial charge in [0.15, 0.2) is 0 Å². The molecule has 6 N–H and O–H groups in total. The summed E-state index contributed by atoms with van der Waals surface area (Å²) < 4.78 is 23.5. The van der Waals surface area contributed by atoms with Crippen molar-refractivity contribution in [3.8, 4) is 45.1 Å². The van der Waals surface area contributed by atoms with Gasteiger partial charge < -0.3 is 60.0 Å². The van der Waals surface area contributed by atoms with Crippen LogP contribution in [0.5, 0.6) is 11.5 Å². The van der Waals surface area contributed by atoms with Gasteiger partial charge in [0.25, 0.3) is 0 Å². The lowest BCUT2D eigenvalue weighted by Crippen LogP contribution is -2.45. The number of urea groups is 2. The molecule has 6 aromatic rings. The van der Waals surface area contributed by atoms with Crippen LogP contribution in [0.25, 0.3) is 33.6 Å². The number of nitrogens with one attached hydrogen (secondary N) is 6. The van der Waals surface area contributed by atoms with Crippen LogP contribution in [-0.4, -0.2) is 121 Å². The Morgan fingerprint density at radius 2 is 1.01 bits per heavy atom. The van der Waals surface area contributed by atoms with Crippen LogP contribution in [0, 0.1) is 0 Å². The molecule has 0 spiro atoms. The van der Waals surface area contributed by atoms with Crippen LogP contribution in [0.4, 0.5) is 9.59 Å². The van der Waals surface area contributed by atoms with Gasteiger partial charge in [0.2, 0.25) is 11.8 Å². The van der Waals surface area contributed by atoms with E-state index in [1.807, 2.05) is 97.1 Å². The first kappa shape index (κ1) is 48.7. The highest BCUT2D eigenvalue weighted by atomic mass is 16.5. The van der Waals surface area contributed by atoms with Gasteiger partial charge in [-0.1, -0.05) is 72.8 Å². The molecule has 4 heterocycles. The van der Waals surface area contributed by atoms with Crippen LogP contribution in [0.2, 0.25) is 0 Å². The standard InChI is InChI=1S/C52H60N10O8/c1-53-51(65)59-45(33-13-7-5-8-14-33)49(63)61-23-11-17-41(61)47-55-31-39(57-47)35-19-21-37(43(29-35)69-27-25-67-3)38-22-20-36(30-44(38)70-28-26-68-4)40-32-56-48(58-40)42-18-12-24-62(42)50(64)46(60-52(66)54-2)34-15-9-6-10-16-34/h5-10,13-16,19-22,29-32,41-42,45-46H,11-12,17-18,23-28H2,1-4H3,(H,55,57)(H,56,58)(H2,53,59,65)(H2,54,60,66). The molecule has 18 nitrogen and oxygen atoms in total. The maximum absolute atomic E-state index is 14.2. The van der Waals surface area contributed by atoms with Crippen molar-refractivity contribution in [3.63, 3.8) is 0 Å². The molecular weight excluding hydrogens is 893 g/mol. The number of imidazole rings is 2. The Labute approximate surface area is 406 Å². The lowest BCUT2D eigenvalue weighted by molar-refractivity contribution is -0.135. The Kier molecular flexibility index (Phi) is 16.1. The second-order valence-electron chi connectivity index (χ2n) is 17.0. The van der Waals surface area contributed by atoms with Crippen molar-refractivity contribution >= 4 is 23.9 Å². The Balaban J connectivity index is 1.06. The highest BCUT2D eigenvalue weighted by molar-refractivity contribution is 5.90. The number of carbonyl (C=O) groups is 4. The largest absolute Gasteiger partial charge is 0.491 e. The van der Waals surface area contributed by atoms with Gasteiger partial charge in [0.1, 0.15) is 48.4 Å². The number of hydrogen-bond donors (Lipinski definition) is 6. The van der Waals surface area contributed by atoms with Crippen molar-refractivity contribution in [2.24, 2.45) is 0 Å². The number of likely N-dealkylation sites (tertiary alicyclic amines) is 2. The number of aromatic nitrogens is 4. The Bertz CT molecular complexity index is 2540. The Hall–Kier alpha value is -7.70. The zero-order chi connectivity index (χ0) is 49.0. The fourth-order valence-electron chi connectivity index (χ4n) is 9.07. The smallest absolute Gasteiger partial charge is 0.315 e. The summed E-state index contributed by atoms with van der Waals surface area (Å²) in [5.74, 6) is 2.04. The monoisotopic (exact) mass is 952 g/mol. The highest BCUT2D eigenvalue weighted by Crippen LogP contribution is 2.42. The summed E-state index contributed by atoms with van der Waals surface area (Å²) in [6.07, 6.45) is 6.50. The summed E-state index contributed by atoms with van der Waals surface area (Å²) in [7, 11) is 6.28. The molecule has 2 aliphatic heterocycles. The minimum Gasteiger partial charge on any atom is -0.491 e. The lowest BCUT2D eigenvalue weighted by Gasteiger charge is -2.28. The molecule has 4 unspecified atom stereocenters. The van der Waals surface area contributed by atoms with Crippen LogP contribution < -0.4 is 30.7 Å². The van der Waals surface area contributed by atoms with Gasteiger partial charge in [-0.25, -0.2) is 19.6 Å². The number of aromatic amines is 2. The average molecular weight is 953 g/mol. The number of amides is 6. The molecule has 2 saturated heterocycles. The van der Waals surface area contributed by atoms with E-state index in [2.05, 4.69) is 31.2 Å². The summed E-state index contributed by atoms with van der Waals surface area (Å²) in [5.41, 5.74) is 6.05. The second kappa shape index (κ2) is 23.1. The molecule has 0 saturated carbocycles. The molecular formula is C52H60N10O8. The second-order valence-corrected chi connectivity index (χ2v) is 17.0. The number of methoxy groups -OCH3 is 2. The van der Waals surface area contributed by atoms with Crippen LogP contribution >= 0.6 is 0 Å². The quantitative estimate of drug-likeness (QED) is 0.0464. The molecule has 0 radical (unpaired) electrons. The predicted octanol–water partition coefficient (Wildman–Crippen LogP) is 6.85. The first-order valence-electron chi connectivity index (χ1n) is 23.5. The van der Waals surface area contributed by atoms with E-state index >= 15 is 0 Å². The molecule has 8 rings (SSSR count). The molecule has 4 atom stereocenters. The number of benzene rings is 4. The van der Waals surface area contributed by atoms with Crippen molar-refractivity contribution in [2.75, 3.05) is 67.8 Å². The van der Waals surface area contributed by atoms with E-state index in [1.54, 1.807) is 36.4 Å². The highest BCUT2D eigenvalue weighted by Gasteiger charge is 2.38. The van der Waals surface area contributed by atoms with Crippen molar-refractivity contribution in [3.05, 3.63) is 132 Å². The molecule has 6 amide bonds. The first-order valence-corrected chi connectivity index (χ1v) is 23.5. The molecule has 366 valence electrons. The summed E-state index contributed by atoms with van der Waals surface area (Å²) in [5, 5.41) is 10.8. The van der Waals surface area contributed by atoms with E-state index in [1.165, 1.54) is 14.1 Å². The number of nitrogens with zero attached hydrogens (tertiary/aromatic N) is 4. The normalized spacial score (nSPS) is 16.3. The molecule has 70 heavy (non-hydrogen) atoms. The van der Waals surface area contributed by atoms with Crippen LogP contribution in [0.1, 0.15) is 72.6 Å². The van der Waals surface area contributed by atoms with E-state index in [0.717, 1.165) is 46.5 Å². The third kappa shape index (κ3) is 11.1. The molecule has 4 aromatic carbocycles. The van der Waals surface area contributed by atoms with Crippen molar-refractivity contribution in [1.29, 1.82) is 0 Å². The topological polar surface area (TPSA) is 217 Å². The first-order chi connectivity index (χ1) is 34.2. The molecule has 2 aromatic heterocycles. The van der Waals surface area contributed by atoms with E-state index in [9.17, 15) is 19.2 Å². The maximum atomic E-state index is 14.2. The Morgan fingerprint density at radius 1 is 0.600 bits per heavy atom. The van der Waals surface area contributed by atoms with E-state index in [-0.39, 0.29) is 37.1 Å². The number of rotatable bonds is 19. The molecule has 2 aliphatic rings. The van der Waals surface area contributed by atoms with Gasteiger partial charge in [0.05, 0.1) is 49.1 Å². The van der Waals surface area contributed by atoms with E-state index < -0.39 is 24.1 Å². The summed E-state index contributed by atoms with van der Waals surface area (Å²) in [6.45, 7) is 2.35. The van der Waals surface area contributed by atoms with Gasteiger partial charge in [-0.2, -0.15) is 0 Å². The fourth-order valence-corrected chi connectivity index (χ4v) is 9.07. The average Bonchev–Trinajstić information content (AvgIpc) is 4.26. The summed E-state index contributed by atoms with van der Waals surface area (Å²) >= 11 is 0. The molecule has 2 fully saturated rings. The summed E-state index contributed by atoms with van der Waals surface area (Å²) in [6, 6.07) is 27.0. The van der Waals surface area contributed by atoms with Gasteiger partial charge in [-0.3, -0.25) is 9.59 Å². The maximum Gasteiger partial charge on any atom is 0.315 e. The number of ether oxygens (including phenoxy) is 4. The van der Waals surface area contributed by atoms with Crippen LogP contribution in [0.3, 0.4) is 0 Å². The SMILES string of the molecule is CNC(=O)NC(C(=O)N1CCCC1c1ncc(-c2ccc(-c3ccc(-c4cnc(C5CCCN5C(=O)C(NC(=O)NC)c5ccccc5)[nH]4)cc3OCCOC)c(OCCOC)c2)[nH]1)c1ccccc1. The zero-order valence-electron chi connectivity index (χ0n) is 39.8. The third-order valence-corrected chi connectivity index (χ3v) is 12.6. The van der Waals surface area contributed by atoms with E-state index in [0.29, 0.717) is 73.4 Å². The number of carbonyl (C=O) groups excluding carboxylic acids is 4. The van der Waals surface area contributed by atoms with Crippen molar-refractivity contribution < 1.29 is 38.1 Å². The van der Waals surface area contributed by atoms with Crippen molar-refractivity contribution in [2.45, 2.75) is 49.9 Å². The number of H-pyrrole nitrogens is 2. The fraction of sp³-hybridized carbons (Fsp3) is 0.346. The molecule has 0 bridgehead atoms. The van der Waals surface area contributed by atoms with E-state index in [4.69, 9.17) is 28.9 Å². The van der Waals surface area contributed by atoms with Gasteiger partial charge in [-0.05, 0) is 61.1 Å². The zero-order valence-corrected chi connectivity index (χ0v) is 39.8. The van der Waals surface area contributed by atoms with Gasteiger partial charge in [-0.15, -0.1) is 0 Å². The minimum atomic E-state index is -0.871. The predicted molar refractivity (Wildman–Crippen MR) is 263 cm³/mol. The van der Waals surface area contributed by atoms with Crippen LogP contribution in [0.15, 0.2) is 109 Å². The Morgan fingerprint density at radius 3 is 1.40 bits per heavy atom.